The van der Waals surface area contributed by atoms with E-state index >= 15 is 0 Å². The lowest BCUT2D eigenvalue weighted by molar-refractivity contribution is 0.262. The third-order valence-corrected chi connectivity index (χ3v) is 3.58. The number of nitrogens with zero attached hydrogens (tertiary/aromatic N) is 1. The molecule has 0 radical (unpaired) electrons. The highest BCUT2D eigenvalue weighted by Gasteiger charge is 2.05. The number of halogens is 1. The van der Waals surface area contributed by atoms with E-state index in [0.29, 0.717) is 16.4 Å². The van der Waals surface area contributed by atoms with Gasteiger partial charge in [-0.25, -0.2) is 4.79 Å². The Morgan fingerprint density at radius 1 is 0.833 bits per heavy atom. The second kappa shape index (κ2) is 7.53. The van der Waals surface area contributed by atoms with Gasteiger partial charge in [0.05, 0.1) is 0 Å². The Labute approximate surface area is 145 Å². The van der Waals surface area contributed by atoms with Gasteiger partial charge in [0.1, 0.15) is 0 Å². The van der Waals surface area contributed by atoms with Crippen LogP contribution in [0.1, 0.15) is 0 Å². The first-order valence-electron chi connectivity index (χ1n) is 7.44. The minimum Gasteiger partial charge on any atom is -0.324 e. The lowest BCUT2D eigenvalue weighted by atomic mass is 10.2. The Bertz CT molecular complexity index is 794. The summed E-state index contributed by atoms with van der Waals surface area (Å²) in [6.07, 6.45) is 11.7. The molecule has 2 aromatic rings. The van der Waals surface area contributed by atoms with Crippen LogP contribution in [-0.4, -0.2) is 6.03 Å². The molecule has 1 heterocycles. The molecule has 0 bridgehead atoms. The van der Waals surface area contributed by atoms with Crippen molar-refractivity contribution >= 4 is 34.7 Å². The lowest BCUT2D eigenvalue weighted by Crippen LogP contribution is -2.19. The predicted octanol–water partition coefficient (Wildman–Crippen LogP) is 5.39. The SMILES string of the molecule is O=C(Nc1ccc(Cl)cc1)Nc1cccc(N2C=CC=CC=C2)c1. The van der Waals surface area contributed by atoms with Gasteiger partial charge in [0, 0.05) is 34.5 Å². The molecule has 1 aliphatic heterocycles. The van der Waals surface area contributed by atoms with E-state index in [1.807, 2.05) is 65.9 Å². The number of nitrogens with one attached hydrogen (secondary N) is 2. The molecule has 5 heteroatoms. The van der Waals surface area contributed by atoms with Crippen LogP contribution in [-0.2, 0) is 0 Å². The van der Waals surface area contributed by atoms with Gasteiger partial charge in [0.25, 0.3) is 0 Å². The highest BCUT2D eigenvalue weighted by molar-refractivity contribution is 6.30. The third-order valence-electron chi connectivity index (χ3n) is 3.33. The fourth-order valence-electron chi connectivity index (χ4n) is 2.21. The fourth-order valence-corrected chi connectivity index (χ4v) is 2.33. The van der Waals surface area contributed by atoms with Crippen LogP contribution >= 0.6 is 11.6 Å². The van der Waals surface area contributed by atoms with Crippen molar-refractivity contribution in [2.24, 2.45) is 0 Å². The standard InChI is InChI=1S/C19H16ClN3O/c20-15-8-10-16(11-9-15)21-19(24)22-17-6-5-7-18(14-17)23-12-3-1-2-4-13-23/h1-14H,(H2,21,22,24). The molecule has 0 saturated carbocycles. The van der Waals surface area contributed by atoms with E-state index < -0.39 is 0 Å². The average Bonchev–Trinajstić information content (AvgIpc) is 2.86. The summed E-state index contributed by atoms with van der Waals surface area (Å²) in [6.45, 7) is 0. The summed E-state index contributed by atoms with van der Waals surface area (Å²) in [5, 5.41) is 6.22. The molecule has 2 aromatic carbocycles. The van der Waals surface area contributed by atoms with Crippen molar-refractivity contribution in [2.45, 2.75) is 0 Å². The summed E-state index contributed by atoms with van der Waals surface area (Å²) >= 11 is 5.83. The lowest BCUT2D eigenvalue weighted by Gasteiger charge is -2.16. The summed E-state index contributed by atoms with van der Waals surface area (Å²) in [6, 6.07) is 14.3. The van der Waals surface area contributed by atoms with Gasteiger partial charge in [-0.1, -0.05) is 29.8 Å². The van der Waals surface area contributed by atoms with Crippen LogP contribution in [0.5, 0.6) is 0 Å². The molecule has 2 N–H and O–H groups in total. The van der Waals surface area contributed by atoms with E-state index in [1.165, 1.54) is 0 Å². The minimum absolute atomic E-state index is 0.307. The van der Waals surface area contributed by atoms with Crippen LogP contribution in [0.25, 0.3) is 0 Å². The van der Waals surface area contributed by atoms with E-state index in [2.05, 4.69) is 10.6 Å². The van der Waals surface area contributed by atoms with Crippen LogP contribution in [0.2, 0.25) is 5.02 Å². The Morgan fingerprint density at radius 2 is 1.50 bits per heavy atom. The van der Waals surface area contributed by atoms with Crippen molar-refractivity contribution < 1.29 is 4.79 Å². The molecule has 0 atom stereocenters. The summed E-state index contributed by atoms with van der Waals surface area (Å²) in [7, 11) is 0. The number of carbonyl (C=O) groups is 1. The molecule has 3 rings (SSSR count). The van der Waals surface area contributed by atoms with Gasteiger partial charge in [-0.05, 0) is 54.6 Å². The van der Waals surface area contributed by atoms with Crippen LogP contribution in [0.4, 0.5) is 21.9 Å². The topological polar surface area (TPSA) is 44.4 Å². The summed E-state index contributed by atoms with van der Waals surface area (Å²) in [5.74, 6) is 0. The molecule has 24 heavy (non-hydrogen) atoms. The molecule has 0 fully saturated rings. The molecule has 120 valence electrons. The third kappa shape index (κ3) is 4.27. The highest BCUT2D eigenvalue weighted by atomic mass is 35.5. The van der Waals surface area contributed by atoms with Gasteiger partial charge in [-0.2, -0.15) is 0 Å². The van der Waals surface area contributed by atoms with E-state index in [-0.39, 0.29) is 6.03 Å². The number of hydrogen-bond donors (Lipinski definition) is 2. The maximum Gasteiger partial charge on any atom is 0.323 e. The zero-order valence-electron chi connectivity index (χ0n) is 12.8. The van der Waals surface area contributed by atoms with Gasteiger partial charge >= 0.3 is 6.03 Å². The summed E-state index contributed by atoms with van der Waals surface area (Å²) in [4.78, 5) is 14.1. The number of amides is 2. The monoisotopic (exact) mass is 337 g/mol. The van der Waals surface area contributed by atoms with Crippen LogP contribution < -0.4 is 15.5 Å². The number of urea groups is 1. The Balaban J connectivity index is 1.68. The molecule has 2 amide bonds. The smallest absolute Gasteiger partial charge is 0.323 e. The molecule has 0 saturated heterocycles. The second-order valence-electron chi connectivity index (χ2n) is 5.11. The van der Waals surface area contributed by atoms with E-state index in [0.717, 1.165) is 5.69 Å². The Hall–Kier alpha value is -2.98. The molecular formula is C19H16ClN3O. The van der Waals surface area contributed by atoms with Crippen LogP contribution in [0.15, 0.2) is 85.2 Å². The predicted molar refractivity (Wildman–Crippen MR) is 100 cm³/mol. The average molecular weight is 338 g/mol. The van der Waals surface area contributed by atoms with Gasteiger partial charge < -0.3 is 15.5 Å². The number of allylic oxidation sites excluding steroid dienone is 4. The van der Waals surface area contributed by atoms with Crippen molar-refractivity contribution in [1.82, 2.24) is 0 Å². The number of anilines is 3. The number of hydrogen-bond acceptors (Lipinski definition) is 2. The van der Waals surface area contributed by atoms with Crippen molar-refractivity contribution in [3.63, 3.8) is 0 Å². The van der Waals surface area contributed by atoms with Gasteiger partial charge in [0.2, 0.25) is 0 Å². The van der Waals surface area contributed by atoms with E-state index in [4.69, 9.17) is 11.6 Å². The second-order valence-corrected chi connectivity index (χ2v) is 5.55. The van der Waals surface area contributed by atoms with Gasteiger partial charge in [0.15, 0.2) is 0 Å². The van der Waals surface area contributed by atoms with Crippen molar-refractivity contribution in [3.05, 3.63) is 90.3 Å². The number of benzene rings is 2. The Morgan fingerprint density at radius 3 is 2.21 bits per heavy atom. The molecule has 0 spiro atoms. The first-order valence-corrected chi connectivity index (χ1v) is 7.82. The largest absolute Gasteiger partial charge is 0.324 e. The zero-order chi connectivity index (χ0) is 16.8. The van der Waals surface area contributed by atoms with Gasteiger partial charge in [-0.3, -0.25) is 0 Å². The molecule has 4 nitrogen and oxygen atoms in total. The maximum atomic E-state index is 12.1. The normalized spacial score (nSPS) is 12.8. The quantitative estimate of drug-likeness (QED) is 0.788. The van der Waals surface area contributed by atoms with E-state index in [9.17, 15) is 4.79 Å². The van der Waals surface area contributed by atoms with Gasteiger partial charge in [-0.15, -0.1) is 0 Å². The van der Waals surface area contributed by atoms with Crippen molar-refractivity contribution in [2.75, 3.05) is 15.5 Å². The molecule has 1 aliphatic rings. The maximum absolute atomic E-state index is 12.1. The molecule has 0 unspecified atom stereocenters. The number of carbonyl (C=O) groups excluding carboxylic acids is 1. The zero-order valence-corrected chi connectivity index (χ0v) is 13.6. The first kappa shape index (κ1) is 15.9. The Kier molecular flexibility index (Phi) is 4.99. The summed E-state index contributed by atoms with van der Waals surface area (Å²) < 4.78 is 0. The molecule has 0 aliphatic carbocycles. The highest BCUT2D eigenvalue weighted by Crippen LogP contribution is 2.21. The first-order chi connectivity index (χ1) is 11.7. The number of rotatable bonds is 3. The fraction of sp³-hybridized carbons (Fsp3) is 0. The van der Waals surface area contributed by atoms with E-state index in [1.54, 1.807) is 24.3 Å². The van der Waals surface area contributed by atoms with Crippen molar-refractivity contribution in [1.29, 1.82) is 0 Å². The van der Waals surface area contributed by atoms with Crippen molar-refractivity contribution in [3.8, 4) is 0 Å². The van der Waals surface area contributed by atoms with Crippen LogP contribution in [0.3, 0.4) is 0 Å². The molecule has 0 aromatic heterocycles. The summed E-state index contributed by atoms with van der Waals surface area (Å²) in [5.41, 5.74) is 2.34. The van der Waals surface area contributed by atoms with Crippen LogP contribution in [0, 0.1) is 0 Å². The molecular weight excluding hydrogens is 322 g/mol. The minimum atomic E-state index is -0.307.